The molecule has 4 nitrogen and oxygen atoms in total. The minimum Gasteiger partial charge on any atom is -0.386 e. The summed E-state index contributed by atoms with van der Waals surface area (Å²) in [5.41, 5.74) is 0.741. The van der Waals surface area contributed by atoms with Crippen LogP contribution in [-0.2, 0) is 0 Å². The van der Waals surface area contributed by atoms with Crippen LogP contribution in [0, 0.1) is 0 Å². The second-order valence-corrected chi connectivity index (χ2v) is 5.19. The number of likely N-dealkylation sites (N-methyl/N-ethyl adjacent to an activating group) is 1. The van der Waals surface area contributed by atoms with Crippen molar-refractivity contribution in [3.8, 4) is 0 Å². The summed E-state index contributed by atoms with van der Waals surface area (Å²) in [5.74, 6) is 0. The van der Waals surface area contributed by atoms with Crippen LogP contribution >= 0.6 is 11.3 Å². The summed E-state index contributed by atoms with van der Waals surface area (Å²) in [6.07, 6.45) is -0.647. The van der Waals surface area contributed by atoms with E-state index in [0.29, 0.717) is 0 Å². The first kappa shape index (κ1) is 13.6. The quantitative estimate of drug-likeness (QED) is 0.902. The number of nitrogens with one attached hydrogen (secondary N) is 1. The van der Waals surface area contributed by atoms with Crippen molar-refractivity contribution in [2.24, 2.45) is 0 Å². The van der Waals surface area contributed by atoms with Crippen molar-refractivity contribution >= 4 is 23.1 Å². The SMILES string of the molecule is CN(CC(O)c1cccs1)C(=O)Nc1ccccc1. The van der Waals surface area contributed by atoms with Crippen LogP contribution in [0.15, 0.2) is 47.8 Å². The molecule has 0 fully saturated rings. The number of hydrogen-bond acceptors (Lipinski definition) is 3. The predicted octanol–water partition coefficient (Wildman–Crippen LogP) is 2.95. The van der Waals surface area contributed by atoms with Gasteiger partial charge in [0, 0.05) is 17.6 Å². The first-order valence-corrected chi connectivity index (χ1v) is 6.83. The summed E-state index contributed by atoms with van der Waals surface area (Å²) >= 11 is 1.48. The first-order chi connectivity index (χ1) is 9.16. The molecule has 100 valence electrons. The number of anilines is 1. The number of hydrogen-bond donors (Lipinski definition) is 2. The van der Waals surface area contributed by atoms with E-state index < -0.39 is 6.10 Å². The zero-order valence-electron chi connectivity index (χ0n) is 10.6. The molecule has 0 bridgehead atoms. The molecule has 2 rings (SSSR count). The lowest BCUT2D eigenvalue weighted by atomic mass is 10.3. The highest BCUT2D eigenvalue weighted by atomic mass is 32.1. The van der Waals surface area contributed by atoms with Crippen LogP contribution in [0.2, 0.25) is 0 Å². The molecule has 0 spiro atoms. The standard InChI is InChI=1S/C14H16N2O2S/c1-16(10-12(17)13-8-5-9-19-13)14(18)15-11-6-3-2-4-7-11/h2-9,12,17H,10H2,1H3,(H,15,18). The third kappa shape index (κ3) is 3.81. The highest BCUT2D eigenvalue weighted by Gasteiger charge is 2.15. The minimum atomic E-state index is -0.647. The number of aliphatic hydroxyl groups is 1. The van der Waals surface area contributed by atoms with Crippen molar-refractivity contribution in [3.63, 3.8) is 0 Å². The summed E-state index contributed by atoms with van der Waals surface area (Å²) in [4.78, 5) is 14.3. The van der Waals surface area contributed by atoms with E-state index in [9.17, 15) is 9.90 Å². The number of urea groups is 1. The third-order valence-electron chi connectivity index (χ3n) is 2.69. The maximum Gasteiger partial charge on any atom is 0.321 e. The van der Waals surface area contributed by atoms with Crippen LogP contribution in [0.3, 0.4) is 0 Å². The molecule has 2 amide bonds. The molecule has 0 aliphatic heterocycles. The Hall–Kier alpha value is -1.85. The summed E-state index contributed by atoms with van der Waals surface area (Å²) in [6, 6.07) is 12.8. The smallest absolute Gasteiger partial charge is 0.321 e. The molecule has 5 heteroatoms. The van der Waals surface area contributed by atoms with Gasteiger partial charge in [-0.25, -0.2) is 4.79 Å². The molecule has 0 aliphatic carbocycles. The zero-order chi connectivity index (χ0) is 13.7. The lowest BCUT2D eigenvalue weighted by Crippen LogP contribution is -2.34. The number of rotatable bonds is 4. The largest absolute Gasteiger partial charge is 0.386 e. The number of nitrogens with zero attached hydrogens (tertiary/aromatic N) is 1. The van der Waals surface area contributed by atoms with Crippen LogP contribution in [0.1, 0.15) is 11.0 Å². The number of thiophene rings is 1. The van der Waals surface area contributed by atoms with Crippen LogP contribution in [0.25, 0.3) is 0 Å². The number of aliphatic hydroxyl groups excluding tert-OH is 1. The maximum atomic E-state index is 11.9. The average Bonchev–Trinajstić information content (AvgIpc) is 2.93. The summed E-state index contributed by atoms with van der Waals surface area (Å²) in [5, 5.41) is 14.7. The van der Waals surface area contributed by atoms with Crippen molar-refractivity contribution in [2.45, 2.75) is 6.10 Å². The predicted molar refractivity (Wildman–Crippen MR) is 77.4 cm³/mol. The number of carbonyl (C=O) groups is 1. The van der Waals surface area contributed by atoms with E-state index in [1.165, 1.54) is 16.2 Å². The molecule has 0 radical (unpaired) electrons. The van der Waals surface area contributed by atoms with Crippen LogP contribution in [-0.4, -0.2) is 29.6 Å². The topological polar surface area (TPSA) is 52.6 Å². The lowest BCUT2D eigenvalue weighted by molar-refractivity contribution is 0.139. The number of para-hydroxylation sites is 1. The molecule has 0 aliphatic rings. The molecule has 1 heterocycles. The molecule has 0 saturated heterocycles. The van der Waals surface area contributed by atoms with Crippen molar-refractivity contribution in [1.29, 1.82) is 0 Å². The highest BCUT2D eigenvalue weighted by molar-refractivity contribution is 7.10. The fourth-order valence-electron chi connectivity index (χ4n) is 1.65. The van der Waals surface area contributed by atoms with Gasteiger partial charge >= 0.3 is 6.03 Å². The molecular weight excluding hydrogens is 260 g/mol. The molecule has 1 aromatic carbocycles. The first-order valence-electron chi connectivity index (χ1n) is 5.95. The molecule has 0 saturated carbocycles. The van der Waals surface area contributed by atoms with E-state index >= 15 is 0 Å². The van der Waals surface area contributed by atoms with E-state index in [0.717, 1.165) is 10.6 Å². The number of amides is 2. The van der Waals surface area contributed by atoms with E-state index in [2.05, 4.69) is 5.32 Å². The fourth-order valence-corrected chi connectivity index (χ4v) is 2.36. The van der Waals surface area contributed by atoms with Gasteiger partial charge in [0.2, 0.25) is 0 Å². The average molecular weight is 276 g/mol. The fraction of sp³-hybridized carbons (Fsp3) is 0.214. The molecule has 2 aromatic rings. The van der Waals surface area contributed by atoms with Gasteiger partial charge in [-0.1, -0.05) is 24.3 Å². The number of benzene rings is 1. The number of carbonyl (C=O) groups excluding carboxylic acids is 1. The van der Waals surface area contributed by atoms with Gasteiger partial charge < -0.3 is 15.3 Å². The summed E-state index contributed by atoms with van der Waals surface area (Å²) < 4.78 is 0. The van der Waals surface area contributed by atoms with Crippen LogP contribution in [0.4, 0.5) is 10.5 Å². The van der Waals surface area contributed by atoms with E-state index in [-0.39, 0.29) is 12.6 Å². The van der Waals surface area contributed by atoms with E-state index in [4.69, 9.17) is 0 Å². The molecule has 19 heavy (non-hydrogen) atoms. The van der Waals surface area contributed by atoms with Crippen molar-refractivity contribution in [1.82, 2.24) is 4.90 Å². The van der Waals surface area contributed by atoms with E-state index in [1.54, 1.807) is 7.05 Å². The van der Waals surface area contributed by atoms with Gasteiger partial charge in [0.15, 0.2) is 0 Å². The van der Waals surface area contributed by atoms with Gasteiger partial charge in [-0.2, -0.15) is 0 Å². The highest BCUT2D eigenvalue weighted by Crippen LogP contribution is 2.19. The van der Waals surface area contributed by atoms with Crippen LogP contribution < -0.4 is 5.32 Å². The Morgan fingerprint density at radius 3 is 2.68 bits per heavy atom. The summed E-state index contributed by atoms with van der Waals surface area (Å²) in [7, 11) is 1.66. The summed E-state index contributed by atoms with van der Waals surface area (Å²) in [6.45, 7) is 0.263. The molecule has 1 atom stereocenters. The zero-order valence-corrected chi connectivity index (χ0v) is 11.4. The Morgan fingerprint density at radius 2 is 2.05 bits per heavy atom. The minimum absolute atomic E-state index is 0.234. The van der Waals surface area contributed by atoms with Gasteiger partial charge in [-0.15, -0.1) is 11.3 Å². The Kier molecular flexibility index (Phi) is 4.54. The second kappa shape index (κ2) is 6.36. The third-order valence-corrected chi connectivity index (χ3v) is 3.66. The Bertz CT molecular complexity index is 514. The second-order valence-electron chi connectivity index (χ2n) is 4.21. The Balaban J connectivity index is 1.89. The normalized spacial score (nSPS) is 11.9. The van der Waals surface area contributed by atoms with Gasteiger partial charge in [0.25, 0.3) is 0 Å². The monoisotopic (exact) mass is 276 g/mol. The van der Waals surface area contributed by atoms with Crippen LogP contribution in [0.5, 0.6) is 0 Å². The lowest BCUT2D eigenvalue weighted by Gasteiger charge is -2.20. The van der Waals surface area contributed by atoms with Gasteiger partial charge in [-0.05, 0) is 23.6 Å². The molecule has 2 N–H and O–H groups in total. The van der Waals surface area contributed by atoms with E-state index in [1.807, 2.05) is 47.8 Å². The Labute approximate surface area is 116 Å². The van der Waals surface area contributed by atoms with Gasteiger partial charge in [0.1, 0.15) is 6.10 Å². The van der Waals surface area contributed by atoms with Crippen molar-refractivity contribution in [2.75, 3.05) is 18.9 Å². The molecule has 1 unspecified atom stereocenters. The Morgan fingerprint density at radius 1 is 1.32 bits per heavy atom. The van der Waals surface area contributed by atoms with Gasteiger partial charge in [0.05, 0.1) is 6.54 Å². The van der Waals surface area contributed by atoms with Gasteiger partial charge in [-0.3, -0.25) is 0 Å². The van der Waals surface area contributed by atoms with Crippen molar-refractivity contribution in [3.05, 3.63) is 52.7 Å². The van der Waals surface area contributed by atoms with Crippen molar-refractivity contribution < 1.29 is 9.90 Å². The maximum absolute atomic E-state index is 11.9. The molecule has 1 aromatic heterocycles. The molecular formula is C14H16N2O2S.